The lowest BCUT2D eigenvalue weighted by Crippen LogP contribution is -1.97. The Hall–Kier alpha value is -3.38. The number of aromatic hydroxyl groups is 1. The second kappa shape index (κ2) is 8.10. The Morgan fingerprint density at radius 2 is 1.86 bits per heavy atom. The molecule has 0 bridgehead atoms. The second-order valence-corrected chi connectivity index (χ2v) is 7.53. The maximum atomic E-state index is 9.36. The SMILES string of the molecule is Cc1cccc(Nc2nccc(-c3ccc(NCc4ccc(O)cc4)s3)n2)c1. The highest BCUT2D eigenvalue weighted by atomic mass is 32.1. The van der Waals surface area contributed by atoms with E-state index in [1.54, 1.807) is 29.7 Å². The monoisotopic (exact) mass is 388 g/mol. The number of anilines is 3. The largest absolute Gasteiger partial charge is 0.508 e. The fraction of sp³-hybridized carbons (Fsp3) is 0.0909. The van der Waals surface area contributed by atoms with Gasteiger partial charge in [0, 0.05) is 18.4 Å². The van der Waals surface area contributed by atoms with Crippen LogP contribution in [0.4, 0.5) is 16.6 Å². The Bertz CT molecular complexity index is 1080. The summed E-state index contributed by atoms with van der Waals surface area (Å²) in [5.74, 6) is 0.858. The molecule has 28 heavy (non-hydrogen) atoms. The summed E-state index contributed by atoms with van der Waals surface area (Å²) in [7, 11) is 0. The summed E-state index contributed by atoms with van der Waals surface area (Å²) in [6.45, 7) is 2.75. The van der Waals surface area contributed by atoms with Crippen molar-refractivity contribution in [2.45, 2.75) is 13.5 Å². The van der Waals surface area contributed by atoms with Crippen molar-refractivity contribution in [3.05, 3.63) is 84.1 Å². The molecule has 5 nitrogen and oxygen atoms in total. The molecule has 0 aliphatic carbocycles. The normalized spacial score (nSPS) is 10.6. The highest BCUT2D eigenvalue weighted by Crippen LogP contribution is 2.31. The van der Waals surface area contributed by atoms with Gasteiger partial charge in [0.25, 0.3) is 0 Å². The number of nitrogens with zero attached hydrogens (tertiary/aromatic N) is 2. The van der Waals surface area contributed by atoms with Crippen molar-refractivity contribution < 1.29 is 5.11 Å². The van der Waals surface area contributed by atoms with Crippen molar-refractivity contribution in [2.75, 3.05) is 10.6 Å². The van der Waals surface area contributed by atoms with Crippen molar-refractivity contribution in [1.82, 2.24) is 9.97 Å². The van der Waals surface area contributed by atoms with E-state index in [9.17, 15) is 5.11 Å². The molecule has 4 aromatic rings. The lowest BCUT2D eigenvalue weighted by Gasteiger charge is -2.06. The van der Waals surface area contributed by atoms with Gasteiger partial charge < -0.3 is 15.7 Å². The third-order valence-electron chi connectivity index (χ3n) is 4.19. The van der Waals surface area contributed by atoms with Gasteiger partial charge in [-0.1, -0.05) is 24.3 Å². The Morgan fingerprint density at radius 3 is 2.68 bits per heavy atom. The standard InChI is InChI=1S/C22H20N4OS/c1-15-3-2-4-17(13-15)25-22-23-12-11-19(26-22)20-9-10-21(28-20)24-14-16-5-7-18(27)8-6-16/h2-13,24,27H,14H2,1H3,(H,23,25,26). The van der Waals surface area contributed by atoms with Crippen molar-refractivity contribution >= 4 is 28.0 Å². The molecule has 0 unspecified atom stereocenters. The van der Waals surface area contributed by atoms with Gasteiger partial charge in [0.05, 0.1) is 15.6 Å². The van der Waals surface area contributed by atoms with Gasteiger partial charge in [-0.15, -0.1) is 11.3 Å². The minimum absolute atomic E-state index is 0.279. The van der Waals surface area contributed by atoms with E-state index in [1.165, 1.54) is 5.56 Å². The fourth-order valence-electron chi connectivity index (χ4n) is 2.78. The average molecular weight is 388 g/mol. The molecule has 0 spiro atoms. The van der Waals surface area contributed by atoms with Crippen LogP contribution in [-0.4, -0.2) is 15.1 Å². The molecule has 0 fully saturated rings. The zero-order chi connectivity index (χ0) is 19.3. The Labute approximate surface area is 167 Å². The number of thiophene rings is 1. The van der Waals surface area contributed by atoms with Crippen LogP contribution in [0.2, 0.25) is 0 Å². The molecule has 6 heteroatoms. The minimum atomic E-state index is 0.279. The van der Waals surface area contributed by atoms with Crippen LogP contribution >= 0.6 is 11.3 Å². The van der Waals surface area contributed by atoms with E-state index >= 15 is 0 Å². The molecule has 2 aromatic carbocycles. The summed E-state index contributed by atoms with van der Waals surface area (Å²) in [5, 5.41) is 17.1. The summed E-state index contributed by atoms with van der Waals surface area (Å²) in [4.78, 5) is 10.0. The number of rotatable bonds is 6. The van der Waals surface area contributed by atoms with Crippen LogP contribution in [0.1, 0.15) is 11.1 Å². The number of hydrogen-bond donors (Lipinski definition) is 3. The predicted octanol–water partition coefficient (Wildman–Crippen LogP) is 5.57. The number of hydrogen-bond acceptors (Lipinski definition) is 6. The van der Waals surface area contributed by atoms with Gasteiger partial charge in [0.15, 0.2) is 0 Å². The highest BCUT2D eigenvalue weighted by molar-refractivity contribution is 7.19. The number of aromatic nitrogens is 2. The molecule has 3 N–H and O–H groups in total. The summed E-state index contributed by atoms with van der Waals surface area (Å²) in [5.41, 5.74) is 4.15. The lowest BCUT2D eigenvalue weighted by molar-refractivity contribution is 0.475. The van der Waals surface area contributed by atoms with E-state index < -0.39 is 0 Å². The van der Waals surface area contributed by atoms with E-state index in [-0.39, 0.29) is 5.75 Å². The maximum absolute atomic E-state index is 9.36. The number of phenolic OH excluding ortho intramolecular Hbond substituents is 1. The van der Waals surface area contributed by atoms with Crippen molar-refractivity contribution in [3.63, 3.8) is 0 Å². The highest BCUT2D eigenvalue weighted by Gasteiger charge is 2.07. The summed E-state index contributed by atoms with van der Waals surface area (Å²) in [6.07, 6.45) is 1.77. The average Bonchev–Trinajstić information content (AvgIpc) is 3.17. The molecule has 4 rings (SSSR count). The van der Waals surface area contributed by atoms with E-state index in [4.69, 9.17) is 0 Å². The molecule has 0 amide bonds. The Balaban J connectivity index is 1.45. The summed E-state index contributed by atoms with van der Waals surface area (Å²) in [6, 6.07) is 21.4. The molecule has 0 saturated carbocycles. The molecule has 0 aliphatic heterocycles. The minimum Gasteiger partial charge on any atom is -0.508 e. The van der Waals surface area contributed by atoms with Crippen molar-refractivity contribution in [3.8, 4) is 16.3 Å². The van der Waals surface area contributed by atoms with Crippen LogP contribution < -0.4 is 10.6 Å². The van der Waals surface area contributed by atoms with Gasteiger partial charge in [-0.2, -0.15) is 0 Å². The van der Waals surface area contributed by atoms with Gasteiger partial charge in [-0.05, 0) is 60.5 Å². The van der Waals surface area contributed by atoms with Crippen LogP contribution in [0, 0.1) is 6.92 Å². The number of aryl methyl sites for hydroxylation is 1. The van der Waals surface area contributed by atoms with Crippen LogP contribution in [0.5, 0.6) is 5.75 Å². The van der Waals surface area contributed by atoms with E-state index in [2.05, 4.69) is 51.8 Å². The van der Waals surface area contributed by atoms with Crippen LogP contribution in [-0.2, 0) is 6.54 Å². The molecular formula is C22H20N4OS. The first-order valence-corrected chi connectivity index (χ1v) is 9.76. The first kappa shape index (κ1) is 18.0. The van der Waals surface area contributed by atoms with Crippen molar-refractivity contribution in [2.24, 2.45) is 0 Å². The lowest BCUT2D eigenvalue weighted by atomic mass is 10.2. The summed E-state index contributed by atoms with van der Waals surface area (Å²) >= 11 is 1.65. The van der Waals surface area contributed by atoms with Gasteiger partial charge in [0.1, 0.15) is 5.75 Å². The van der Waals surface area contributed by atoms with Gasteiger partial charge >= 0.3 is 0 Å². The number of benzene rings is 2. The zero-order valence-corrected chi connectivity index (χ0v) is 16.2. The third kappa shape index (κ3) is 4.47. The predicted molar refractivity (Wildman–Crippen MR) is 115 cm³/mol. The van der Waals surface area contributed by atoms with E-state index in [0.717, 1.165) is 26.8 Å². The smallest absolute Gasteiger partial charge is 0.227 e. The molecule has 0 aliphatic rings. The first-order valence-electron chi connectivity index (χ1n) is 8.94. The number of phenols is 1. The molecule has 0 saturated heterocycles. The molecule has 2 heterocycles. The van der Waals surface area contributed by atoms with Crippen molar-refractivity contribution in [1.29, 1.82) is 0 Å². The maximum Gasteiger partial charge on any atom is 0.227 e. The van der Waals surface area contributed by atoms with Crippen LogP contribution in [0.15, 0.2) is 72.9 Å². The second-order valence-electron chi connectivity index (χ2n) is 6.44. The fourth-order valence-corrected chi connectivity index (χ4v) is 3.65. The van der Waals surface area contributed by atoms with Gasteiger partial charge in [0.2, 0.25) is 5.95 Å². The van der Waals surface area contributed by atoms with E-state index in [0.29, 0.717) is 12.5 Å². The molecule has 140 valence electrons. The first-order chi connectivity index (χ1) is 13.7. The zero-order valence-electron chi connectivity index (χ0n) is 15.4. The van der Waals surface area contributed by atoms with Gasteiger partial charge in [-0.3, -0.25) is 0 Å². The summed E-state index contributed by atoms with van der Waals surface area (Å²) < 4.78 is 0. The van der Waals surface area contributed by atoms with Crippen LogP contribution in [0.25, 0.3) is 10.6 Å². The molecule has 0 radical (unpaired) electrons. The number of nitrogens with one attached hydrogen (secondary N) is 2. The quantitative estimate of drug-likeness (QED) is 0.402. The molecule has 2 aromatic heterocycles. The van der Waals surface area contributed by atoms with Crippen LogP contribution in [0.3, 0.4) is 0 Å². The Morgan fingerprint density at radius 1 is 1.00 bits per heavy atom. The third-order valence-corrected chi connectivity index (χ3v) is 5.26. The molecular weight excluding hydrogens is 368 g/mol. The molecule has 0 atom stereocenters. The topological polar surface area (TPSA) is 70.1 Å². The van der Waals surface area contributed by atoms with E-state index in [1.807, 2.05) is 30.3 Å². The Kier molecular flexibility index (Phi) is 5.21. The van der Waals surface area contributed by atoms with Gasteiger partial charge in [-0.25, -0.2) is 9.97 Å².